The largest absolute Gasteiger partial charge is 0.424 e. The molecule has 3 heterocycles. The maximum absolute atomic E-state index is 5.47. The molecule has 0 aliphatic heterocycles. The van der Waals surface area contributed by atoms with Gasteiger partial charge in [0.1, 0.15) is 11.4 Å². The number of rotatable bonds is 4. The molecule has 0 bridgehead atoms. The van der Waals surface area contributed by atoms with Crippen molar-refractivity contribution in [2.75, 3.05) is 0 Å². The van der Waals surface area contributed by atoms with E-state index < -0.39 is 0 Å². The average Bonchev–Trinajstić information content (AvgIpc) is 3.05. The van der Waals surface area contributed by atoms with Crippen LogP contribution in [0.15, 0.2) is 27.2 Å². The molecule has 0 aromatic carbocycles. The molecular formula is C11H10N4OS2. The summed E-state index contributed by atoms with van der Waals surface area (Å²) in [7, 11) is 0. The van der Waals surface area contributed by atoms with Crippen molar-refractivity contribution in [3.8, 4) is 0 Å². The topological polar surface area (TPSA) is 64.7 Å². The number of fused-ring (bicyclic) bond motifs is 1. The van der Waals surface area contributed by atoms with Crippen LogP contribution in [0.25, 0.3) is 10.2 Å². The first-order valence-corrected chi connectivity index (χ1v) is 7.35. The molecule has 0 aliphatic carbocycles. The minimum absolute atomic E-state index is 0.636. The summed E-state index contributed by atoms with van der Waals surface area (Å²) < 4.78 is 6.57. The summed E-state index contributed by atoms with van der Waals surface area (Å²) in [5.74, 6) is 1.95. The van der Waals surface area contributed by atoms with E-state index in [1.54, 1.807) is 29.4 Å². The molecule has 0 radical (unpaired) electrons. The summed E-state index contributed by atoms with van der Waals surface area (Å²) in [4.78, 5) is 8.50. The fraction of sp³-hybridized carbons (Fsp3) is 0.273. The number of thiophene rings is 1. The van der Waals surface area contributed by atoms with Crippen molar-refractivity contribution in [2.45, 2.75) is 24.1 Å². The van der Waals surface area contributed by atoms with E-state index in [1.807, 2.05) is 18.4 Å². The smallest absolute Gasteiger partial charge is 0.226 e. The molecule has 0 amide bonds. The van der Waals surface area contributed by atoms with Crippen LogP contribution in [0.4, 0.5) is 0 Å². The summed E-state index contributed by atoms with van der Waals surface area (Å²) in [6, 6.07) is 1.99. The van der Waals surface area contributed by atoms with Crippen LogP contribution in [0.5, 0.6) is 0 Å². The quantitative estimate of drug-likeness (QED) is 0.540. The fourth-order valence-electron chi connectivity index (χ4n) is 1.49. The minimum atomic E-state index is 0.636. The zero-order chi connectivity index (χ0) is 12.4. The van der Waals surface area contributed by atoms with Gasteiger partial charge in [0.15, 0.2) is 0 Å². The fourth-order valence-corrected chi connectivity index (χ4v) is 3.27. The number of aryl methyl sites for hydroxylation is 1. The van der Waals surface area contributed by atoms with Gasteiger partial charge in [-0.05, 0) is 11.4 Å². The highest BCUT2D eigenvalue weighted by Gasteiger charge is 2.09. The zero-order valence-corrected chi connectivity index (χ0v) is 11.3. The van der Waals surface area contributed by atoms with Crippen molar-refractivity contribution in [1.82, 2.24) is 20.2 Å². The lowest BCUT2D eigenvalue weighted by atomic mass is 10.5. The molecule has 3 aromatic heterocycles. The molecular weight excluding hydrogens is 268 g/mol. The Morgan fingerprint density at radius 2 is 2.17 bits per heavy atom. The number of hydrogen-bond acceptors (Lipinski definition) is 7. The molecule has 0 spiro atoms. The molecule has 0 N–H and O–H groups in total. The molecule has 3 aromatic rings. The van der Waals surface area contributed by atoms with Crippen LogP contribution in [-0.2, 0) is 12.2 Å². The van der Waals surface area contributed by atoms with E-state index in [0.717, 1.165) is 21.7 Å². The summed E-state index contributed by atoms with van der Waals surface area (Å²) >= 11 is 3.24. The molecule has 0 atom stereocenters. The van der Waals surface area contributed by atoms with Gasteiger partial charge in [-0.15, -0.1) is 21.5 Å². The van der Waals surface area contributed by atoms with E-state index in [-0.39, 0.29) is 0 Å². The maximum atomic E-state index is 5.47. The van der Waals surface area contributed by atoms with Crippen LogP contribution < -0.4 is 0 Å². The van der Waals surface area contributed by atoms with Gasteiger partial charge >= 0.3 is 0 Å². The van der Waals surface area contributed by atoms with Gasteiger partial charge in [0.25, 0.3) is 0 Å². The first kappa shape index (κ1) is 11.6. The lowest BCUT2D eigenvalue weighted by Crippen LogP contribution is -1.85. The number of aromatic nitrogens is 4. The highest BCUT2D eigenvalue weighted by atomic mass is 32.2. The average molecular weight is 278 g/mol. The van der Waals surface area contributed by atoms with E-state index >= 15 is 0 Å². The molecule has 0 fully saturated rings. The third-order valence-corrected chi connectivity index (χ3v) is 4.37. The van der Waals surface area contributed by atoms with Gasteiger partial charge in [-0.1, -0.05) is 18.7 Å². The van der Waals surface area contributed by atoms with E-state index in [2.05, 4.69) is 20.2 Å². The lowest BCUT2D eigenvalue weighted by molar-refractivity contribution is 0.470. The van der Waals surface area contributed by atoms with Gasteiger partial charge in [0, 0.05) is 6.42 Å². The van der Waals surface area contributed by atoms with Crippen molar-refractivity contribution in [3.63, 3.8) is 0 Å². The predicted molar refractivity (Wildman–Crippen MR) is 70.7 cm³/mol. The van der Waals surface area contributed by atoms with Crippen LogP contribution in [-0.4, -0.2) is 20.2 Å². The summed E-state index contributed by atoms with van der Waals surface area (Å²) in [5, 5.41) is 10.9. The Balaban J connectivity index is 1.78. The Hall–Kier alpha value is -1.47. The van der Waals surface area contributed by atoms with Crippen molar-refractivity contribution in [3.05, 3.63) is 29.6 Å². The molecule has 92 valence electrons. The molecule has 0 unspecified atom stereocenters. The van der Waals surface area contributed by atoms with Gasteiger partial charge in [-0.2, -0.15) is 0 Å². The van der Waals surface area contributed by atoms with Gasteiger partial charge in [0.05, 0.1) is 16.0 Å². The van der Waals surface area contributed by atoms with E-state index in [9.17, 15) is 0 Å². The minimum Gasteiger partial charge on any atom is -0.424 e. The van der Waals surface area contributed by atoms with Crippen molar-refractivity contribution >= 4 is 33.3 Å². The Morgan fingerprint density at radius 3 is 3.00 bits per heavy atom. The molecule has 5 nitrogen and oxygen atoms in total. The second-order valence-electron chi connectivity index (χ2n) is 3.55. The van der Waals surface area contributed by atoms with Gasteiger partial charge in [-0.25, -0.2) is 9.97 Å². The molecule has 0 saturated carbocycles. The molecule has 0 aliphatic rings. The second-order valence-corrected chi connectivity index (χ2v) is 5.43. The number of nitrogens with zero attached hydrogens (tertiary/aromatic N) is 4. The lowest BCUT2D eigenvalue weighted by Gasteiger charge is -1.98. The van der Waals surface area contributed by atoms with Crippen molar-refractivity contribution < 1.29 is 4.42 Å². The standard InChI is InChI=1S/C11H10N4OS2/c1-2-8-14-15-9(16-8)5-18-11-10-7(3-4-17-10)12-6-13-11/h3-4,6H,2,5H2,1H3. The van der Waals surface area contributed by atoms with Crippen LogP contribution in [0.2, 0.25) is 0 Å². The Bertz CT molecular complexity index is 664. The third kappa shape index (κ3) is 2.23. The Morgan fingerprint density at radius 1 is 1.28 bits per heavy atom. The van der Waals surface area contributed by atoms with Crippen LogP contribution >= 0.6 is 23.1 Å². The Labute approximate surface area is 112 Å². The number of thioether (sulfide) groups is 1. The van der Waals surface area contributed by atoms with E-state index in [0.29, 0.717) is 17.5 Å². The highest BCUT2D eigenvalue weighted by Crippen LogP contribution is 2.30. The van der Waals surface area contributed by atoms with E-state index in [1.165, 1.54) is 0 Å². The van der Waals surface area contributed by atoms with Crippen LogP contribution in [0.3, 0.4) is 0 Å². The highest BCUT2D eigenvalue weighted by molar-refractivity contribution is 7.98. The summed E-state index contributed by atoms with van der Waals surface area (Å²) in [6.45, 7) is 1.99. The molecule has 18 heavy (non-hydrogen) atoms. The number of hydrogen-bond donors (Lipinski definition) is 0. The first-order valence-electron chi connectivity index (χ1n) is 5.49. The monoisotopic (exact) mass is 278 g/mol. The molecule has 7 heteroatoms. The second kappa shape index (κ2) is 5.03. The van der Waals surface area contributed by atoms with Gasteiger partial charge in [0.2, 0.25) is 11.8 Å². The third-order valence-electron chi connectivity index (χ3n) is 2.35. The Kier molecular flexibility index (Phi) is 3.24. The molecule has 3 rings (SSSR count). The predicted octanol–water partition coefficient (Wildman–Crippen LogP) is 2.93. The first-order chi connectivity index (χ1) is 8.86. The van der Waals surface area contributed by atoms with Gasteiger partial charge in [-0.3, -0.25) is 0 Å². The normalized spacial score (nSPS) is 11.2. The molecule has 0 saturated heterocycles. The van der Waals surface area contributed by atoms with E-state index in [4.69, 9.17) is 4.42 Å². The van der Waals surface area contributed by atoms with Crippen molar-refractivity contribution in [1.29, 1.82) is 0 Å². The summed E-state index contributed by atoms with van der Waals surface area (Å²) in [6.07, 6.45) is 2.35. The summed E-state index contributed by atoms with van der Waals surface area (Å²) in [5.41, 5.74) is 0.984. The van der Waals surface area contributed by atoms with Crippen LogP contribution in [0.1, 0.15) is 18.7 Å². The van der Waals surface area contributed by atoms with Crippen molar-refractivity contribution in [2.24, 2.45) is 0 Å². The SMILES string of the molecule is CCc1nnc(CSc2ncnc3ccsc23)o1. The van der Waals surface area contributed by atoms with Gasteiger partial charge < -0.3 is 4.42 Å². The van der Waals surface area contributed by atoms with Crippen LogP contribution in [0, 0.1) is 0 Å². The zero-order valence-electron chi connectivity index (χ0n) is 9.66. The maximum Gasteiger partial charge on any atom is 0.226 e.